The van der Waals surface area contributed by atoms with Crippen molar-refractivity contribution in [2.45, 2.75) is 32.6 Å². The molecule has 0 aliphatic heterocycles. The molecule has 0 N–H and O–H groups in total. The number of carbonyl (C=O) groups is 1. The lowest BCUT2D eigenvalue weighted by Gasteiger charge is -2.16. The van der Waals surface area contributed by atoms with E-state index in [1.807, 2.05) is 49.0 Å². The normalized spacial score (nSPS) is 12.2. The third kappa shape index (κ3) is 2.99. The summed E-state index contributed by atoms with van der Waals surface area (Å²) < 4.78 is 6.85. The molecular weight excluding hydrogens is 264 g/mol. The molecule has 21 heavy (non-hydrogen) atoms. The van der Waals surface area contributed by atoms with Crippen molar-refractivity contribution in [2.75, 3.05) is 7.11 Å². The molecule has 1 atom stereocenters. The molecule has 1 aromatic carbocycles. The second-order valence-corrected chi connectivity index (χ2v) is 5.20. The Bertz CT molecular complexity index is 617. The number of methoxy groups -OCH3 is 1. The molecule has 0 saturated heterocycles. The van der Waals surface area contributed by atoms with Crippen LogP contribution in [0.5, 0.6) is 0 Å². The van der Waals surface area contributed by atoms with Gasteiger partial charge in [0.15, 0.2) is 0 Å². The van der Waals surface area contributed by atoms with Gasteiger partial charge in [-0.05, 0) is 13.3 Å². The lowest BCUT2D eigenvalue weighted by molar-refractivity contribution is -0.142. The van der Waals surface area contributed by atoms with Crippen molar-refractivity contribution in [3.05, 3.63) is 41.6 Å². The van der Waals surface area contributed by atoms with Gasteiger partial charge in [-0.2, -0.15) is 5.10 Å². The summed E-state index contributed by atoms with van der Waals surface area (Å²) in [5, 5.41) is 4.52. The number of benzene rings is 1. The van der Waals surface area contributed by atoms with Crippen LogP contribution >= 0.6 is 0 Å². The number of esters is 1. The van der Waals surface area contributed by atoms with Crippen LogP contribution < -0.4 is 0 Å². The molecule has 1 unspecified atom stereocenters. The number of ether oxygens (including phenoxy) is 1. The van der Waals surface area contributed by atoms with Crippen molar-refractivity contribution < 1.29 is 9.53 Å². The number of nitrogens with zero attached hydrogens (tertiary/aromatic N) is 2. The van der Waals surface area contributed by atoms with Crippen LogP contribution in [0.15, 0.2) is 30.3 Å². The SMILES string of the molecule is CCCC(C(=O)OC)c1c(C)nn(C)c1-c1ccccc1. The third-order valence-corrected chi connectivity index (χ3v) is 3.73. The Hall–Kier alpha value is -2.10. The van der Waals surface area contributed by atoms with Gasteiger partial charge in [0.25, 0.3) is 0 Å². The van der Waals surface area contributed by atoms with Crippen LogP contribution in [0.25, 0.3) is 11.3 Å². The second kappa shape index (κ2) is 6.57. The molecule has 2 aromatic rings. The van der Waals surface area contributed by atoms with Crippen molar-refractivity contribution in [2.24, 2.45) is 7.05 Å². The third-order valence-electron chi connectivity index (χ3n) is 3.73. The van der Waals surface area contributed by atoms with E-state index >= 15 is 0 Å². The maximum atomic E-state index is 12.2. The molecular formula is C17H22N2O2. The van der Waals surface area contributed by atoms with Crippen LogP contribution in [-0.4, -0.2) is 22.9 Å². The summed E-state index contributed by atoms with van der Waals surface area (Å²) in [6.07, 6.45) is 1.68. The highest BCUT2D eigenvalue weighted by atomic mass is 16.5. The first-order valence-corrected chi connectivity index (χ1v) is 7.26. The summed E-state index contributed by atoms with van der Waals surface area (Å²) in [6, 6.07) is 10.1. The number of aromatic nitrogens is 2. The molecule has 0 bridgehead atoms. The maximum Gasteiger partial charge on any atom is 0.313 e. The van der Waals surface area contributed by atoms with E-state index in [9.17, 15) is 4.79 Å². The average molecular weight is 286 g/mol. The van der Waals surface area contributed by atoms with Crippen molar-refractivity contribution in [1.29, 1.82) is 0 Å². The monoisotopic (exact) mass is 286 g/mol. The molecule has 0 amide bonds. The zero-order valence-electron chi connectivity index (χ0n) is 13.1. The number of rotatable bonds is 5. The first-order chi connectivity index (χ1) is 10.1. The molecule has 2 rings (SSSR count). The number of hydrogen-bond donors (Lipinski definition) is 0. The van der Waals surface area contributed by atoms with Crippen molar-refractivity contribution in [1.82, 2.24) is 9.78 Å². The van der Waals surface area contributed by atoms with E-state index in [-0.39, 0.29) is 11.9 Å². The predicted molar refractivity (Wildman–Crippen MR) is 83.0 cm³/mol. The van der Waals surface area contributed by atoms with Gasteiger partial charge in [0.2, 0.25) is 0 Å². The molecule has 0 saturated carbocycles. The van der Waals surface area contributed by atoms with Crippen LogP contribution in [0.1, 0.15) is 36.9 Å². The average Bonchev–Trinajstić information content (AvgIpc) is 2.79. The summed E-state index contributed by atoms with van der Waals surface area (Å²) in [5.41, 5.74) is 3.94. The fourth-order valence-corrected chi connectivity index (χ4v) is 2.84. The van der Waals surface area contributed by atoms with Crippen molar-refractivity contribution in [3.8, 4) is 11.3 Å². The van der Waals surface area contributed by atoms with Crippen LogP contribution in [0.3, 0.4) is 0 Å². The van der Waals surface area contributed by atoms with E-state index in [2.05, 4.69) is 12.0 Å². The minimum atomic E-state index is -0.260. The predicted octanol–water partition coefficient (Wildman–Crippen LogP) is 3.45. The quantitative estimate of drug-likeness (QED) is 0.791. The van der Waals surface area contributed by atoms with Crippen LogP contribution in [-0.2, 0) is 16.6 Å². The molecule has 4 heteroatoms. The van der Waals surface area contributed by atoms with Gasteiger partial charge in [-0.25, -0.2) is 0 Å². The Morgan fingerprint density at radius 2 is 2.00 bits per heavy atom. The Labute approximate surface area is 125 Å². The van der Waals surface area contributed by atoms with Crippen LogP contribution in [0, 0.1) is 6.92 Å². The smallest absolute Gasteiger partial charge is 0.313 e. The van der Waals surface area contributed by atoms with Gasteiger partial charge >= 0.3 is 5.97 Å². The molecule has 0 spiro atoms. The molecule has 112 valence electrons. The van der Waals surface area contributed by atoms with E-state index in [0.717, 1.165) is 35.4 Å². The van der Waals surface area contributed by atoms with Gasteiger partial charge in [-0.15, -0.1) is 0 Å². The minimum absolute atomic E-state index is 0.190. The summed E-state index contributed by atoms with van der Waals surface area (Å²) >= 11 is 0. The van der Waals surface area contributed by atoms with Crippen LogP contribution in [0.2, 0.25) is 0 Å². The molecule has 1 heterocycles. The summed E-state index contributed by atoms with van der Waals surface area (Å²) in [7, 11) is 3.36. The molecule has 4 nitrogen and oxygen atoms in total. The Morgan fingerprint density at radius 3 is 2.57 bits per heavy atom. The Morgan fingerprint density at radius 1 is 1.33 bits per heavy atom. The van der Waals surface area contributed by atoms with Crippen LogP contribution in [0.4, 0.5) is 0 Å². The minimum Gasteiger partial charge on any atom is -0.469 e. The van der Waals surface area contributed by atoms with Gasteiger partial charge in [0.05, 0.1) is 24.4 Å². The van der Waals surface area contributed by atoms with Gasteiger partial charge in [0, 0.05) is 18.2 Å². The van der Waals surface area contributed by atoms with E-state index in [1.54, 1.807) is 0 Å². The molecule has 0 aliphatic rings. The zero-order valence-corrected chi connectivity index (χ0v) is 13.1. The number of carbonyl (C=O) groups excluding carboxylic acids is 1. The molecule has 0 aliphatic carbocycles. The maximum absolute atomic E-state index is 12.2. The van der Waals surface area contributed by atoms with Gasteiger partial charge in [-0.3, -0.25) is 9.48 Å². The van der Waals surface area contributed by atoms with E-state index in [0.29, 0.717) is 0 Å². The molecule has 0 fully saturated rings. The lowest BCUT2D eigenvalue weighted by atomic mass is 9.90. The molecule has 0 radical (unpaired) electrons. The highest BCUT2D eigenvalue weighted by Gasteiger charge is 2.28. The first-order valence-electron chi connectivity index (χ1n) is 7.26. The standard InChI is InChI=1S/C17H22N2O2/c1-5-9-14(17(20)21-4)15-12(2)18-19(3)16(15)13-10-7-6-8-11-13/h6-8,10-11,14H,5,9H2,1-4H3. The highest BCUT2D eigenvalue weighted by Crippen LogP contribution is 2.34. The van der Waals surface area contributed by atoms with E-state index in [1.165, 1.54) is 7.11 Å². The summed E-state index contributed by atoms with van der Waals surface area (Å²) in [5.74, 6) is -0.450. The van der Waals surface area contributed by atoms with Gasteiger partial charge in [0.1, 0.15) is 0 Å². The van der Waals surface area contributed by atoms with E-state index in [4.69, 9.17) is 4.74 Å². The zero-order chi connectivity index (χ0) is 15.4. The topological polar surface area (TPSA) is 44.1 Å². The number of aryl methyl sites for hydroxylation is 2. The van der Waals surface area contributed by atoms with Gasteiger partial charge < -0.3 is 4.74 Å². The van der Waals surface area contributed by atoms with E-state index < -0.39 is 0 Å². The lowest BCUT2D eigenvalue weighted by Crippen LogP contribution is -2.15. The highest BCUT2D eigenvalue weighted by molar-refractivity contribution is 5.82. The summed E-state index contributed by atoms with van der Waals surface area (Å²) in [4.78, 5) is 12.2. The Balaban J connectivity index is 2.59. The fourth-order valence-electron chi connectivity index (χ4n) is 2.84. The van der Waals surface area contributed by atoms with Crippen molar-refractivity contribution >= 4 is 5.97 Å². The second-order valence-electron chi connectivity index (χ2n) is 5.20. The van der Waals surface area contributed by atoms with Gasteiger partial charge in [-0.1, -0.05) is 43.7 Å². The largest absolute Gasteiger partial charge is 0.469 e. The Kier molecular flexibility index (Phi) is 4.78. The molecule has 1 aromatic heterocycles. The van der Waals surface area contributed by atoms with Crippen molar-refractivity contribution in [3.63, 3.8) is 0 Å². The number of hydrogen-bond acceptors (Lipinski definition) is 3. The summed E-state index contributed by atoms with van der Waals surface area (Å²) in [6.45, 7) is 4.03. The first kappa shape index (κ1) is 15.3. The fraction of sp³-hybridized carbons (Fsp3) is 0.412.